The largest absolute Gasteiger partial charge is 0.384 e. The second-order valence-electron chi connectivity index (χ2n) is 6.86. The summed E-state index contributed by atoms with van der Waals surface area (Å²) in [4.78, 5) is 2.66. The van der Waals surface area contributed by atoms with E-state index >= 15 is 0 Å². The number of nitrogens with zero attached hydrogens (tertiary/aromatic N) is 1. The Morgan fingerprint density at radius 3 is 2.86 bits per heavy atom. The summed E-state index contributed by atoms with van der Waals surface area (Å²) in [6.07, 6.45) is 5.13. The van der Waals surface area contributed by atoms with Crippen LogP contribution in [0.1, 0.15) is 30.4 Å². The monoisotopic (exact) mass is 322 g/mol. The van der Waals surface area contributed by atoms with Gasteiger partial charge >= 0.3 is 0 Å². The molecule has 0 aliphatic carbocycles. The molecule has 0 aromatic heterocycles. The van der Waals surface area contributed by atoms with E-state index < -0.39 is 0 Å². The van der Waals surface area contributed by atoms with Crippen molar-refractivity contribution in [1.29, 1.82) is 0 Å². The van der Waals surface area contributed by atoms with Crippen LogP contribution in [0.2, 0.25) is 0 Å². The SMILES string of the molecule is Cl.c1cc2c(c(CN3CCC(C4CCOCC4)C3)c1)NCC2. The third kappa shape index (κ3) is 3.27. The van der Waals surface area contributed by atoms with Crippen molar-refractivity contribution in [3.05, 3.63) is 29.3 Å². The fraction of sp³-hybridized carbons (Fsp3) is 0.667. The molecule has 1 atom stereocenters. The lowest BCUT2D eigenvalue weighted by Crippen LogP contribution is -2.26. The fourth-order valence-corrected chi connectivity index (χ4v) is 4.36. The molecule has 4 rings (SSSR count). The van der Waals surface area contributed by atoms with Gasteiger partial charge in [0, 0.05) is 38.5 Å². The molecular weight excluding hydrogens is 296 g/mol. The van der Waals surface area contributed by atoms with Crippen LogP contribution in [0, 0.1) is 11.8 Å². The zero-order valence-corrected chi connectivity index (χ0v) is 14.0. The number of benzene rings is 1. The summed E-state index contributed by atoms with van der Waals surface area (Å²) in [6.45, 7) is 6.75. The Morgan fingerprint density at radius 2 is 2.00 bits per heavy atom. The maximum absolute atomic E-state index is 5.51. The van der Waals surface area contributed by atoms with Crippen LogP contribution in [-0.2, 0) is 17.7 Å². The lowest BCUT2D eigenvalue weighted by molar-refractivity contribution is 0.0477. The minimum atomic E-state index is 0. The summed E-state index contributed by atoms with van der Waals surface area (Å²) in [5.41, 5.74) is 4.43. The van der Waals surface area contributed by atoms with E-state index in [2.05, 4.69) is 28.4 Å². The Morgan fingerprint density at radius 1 is 1.14 bits per heavy atom. The summed E-state index contributed by atoms with van der Waals surface area (Å²) < 4.78 is 5.51. The Kier molecular flexibility index (Phi) is 5.27. The Balaban J connectivity index is 0.00000144. The molecule has 22 heavy (non-hydrogen) atoms. The number of halogens is 1. The first-order valence-electron chi connectivity index (χ1n) is 8.55. The van der Waals surface area contributed by atoms with Gasteiger partial charge in [-0.2, -0.15) is 0 Å². The highest BCUT2D eigenvalue weighted by Gasteiger charge is 2.30. The minimum Gasteiger partial charge on any atom is -0.384 e. The minimum absolute atomic E-state index is 0. The molecule has 1 unspecified atom stereocenters. The number of likely N-dealkylation sites (tertiary alicyclic amines) is 1. The van der Waals surface area contributed by atoms with Gasteiger partial charge in [-0.3, -0.25) is 4.90 Å². The summed E-state index contributed by atoms with van der Waals surface area (Å²) >= 11 is 0. The van der Waals surface area contributed by atoms with Crippen molar-refractivity contribution in [2.75, 3.05) is 38.2 Å². The zero-order chi connectivity index (χ0) is 14.1. The van der Waals surface area contributed by atoms with E-state index in [1.165, 1.54) is 55.6 Å². The van der Waals surface area contributed by atoms with E-state index in [0.29, 0.717) is 0 Å². The van der Waals surface area contributed by atoms with Gasteiger partial charge < -0.3 is 10.1 Å². The van der Waals surface area contributed by atoms with Crippen LogP contribution in [-0.4, -0.2) is 37.7 Å². The predicted molar refractivity (Wildman–Crippen MR) is 92.8 cm³/mol. The first kappa shape index (κ1) is 16.1. The van der Waals surface area contributed by atoms with E-state index in [4.69, 9.17) is 4.74 Å². The molecule has 2 fully saturated rings. The standard InChI is InChI=1S/C18H26N2O.ClH/c1-2-15-4-8-19-18(15)17(3-1)13-20-9-5-16(12-20)14-6-10-21-11-7-14;/h1-3,14,16,19H,4-13H2;1H. The highest BCUT2D eigenvalue weighted by molar-refractivity contribution is 5.85. The van der Waals surface area contributed by atoms with Crippen molar-refractivity contribution < 1.29 is 4.74 Å². The van der Waals surface area contributed by atoms with Gasteiger partial charge in [0.25, 0.3) is 0 Å². The fourth-order valence-electron chi connectivity index (χ4n) is 4.36. The average molecular weight is 323 g/mol. The molecule has 3 aliphatic rings. The summed E-state index contributed by atoms with van der Waals surface area (Å²) in [6, 6.07) is 6.81. The normalized spacial score (nSPS) is 25.5. The van der Waals surface area contributed by atoms with E-state index in [1.54, 1.807) is 0 Å². The van der Waals surface area contributed by atoms with Crippen molar-refractivity contribution in [1.82, 2.24) is 4.90 Å². The van der Waals surface area contributed by atoms with Crippen LogP contribution in [0.4, 0.5) is 5.69 Å². The quantitative estimate of drug-likeness (QED) is 0.924. The molecule has 0 spiro atoms. The van der Waals surface area contributed by atoms with Gasteiger partial charge in [-0.15, -0.1) is 12.4 Å². The molecule has 3 nitrogen and oxygen atoms in total. The van der Waals surface area contributed by atoms with Gasteiger partial charge in [0.2, 0.25) is 0 Å². The van der Waals surface area contributed by atoms with Gasteiger partial charge in [-0.25, -0.2) is 0 Å². The van der Waals surface area contributed by atoms with Crippen molar-refractivity contribution in [2.45, 2.75) is 32.2 Å². The number of ether oxygens (including phenoxy) is 1. The average Bonchev–Trinajstić information content (AvgIpc) is 3.17. The maximum atomic E-state index is 5.51. The first-order chi connectivity index (χ1) is 10.4. The lowest BCUT2D eigenvalue weighted by atomic mass is 9.85. The van der Waals surface area contributed by atoms with Crippen LogP contribution in [0.5, 0.6) is 0 Å². The smallest absolute Gasteiger partial charge is 0.0468 e. The number of rotatable bonds is 3. The van der Waals surface area contributed by atoms with Crippen molar-refractivity contribution >= 4 is 18.1 Å². The summed E-state index contributed by atoms with van der Waals surface area (Å²) in [5.74, 6) is 1.81. The molecule has 2 saturated heterocycles. The summed E-state index contributed by atoms with van der Waals surface area (Å²) in [5, 5.41) is 3.57. The molecule has 3 aliphatic heterocycles. The number of para-hydroxylation sites is 1. The molecule has 0 bridgehead atoms. The Labute approximate surface area is 139 Å². The molecule has 1 aromatic carbocycles. The molecule has 0 amide bonds. The van der Waals surface area contributed by atoms with Gasteiger partial charge in [-0.1, -0.05) is 18.2 Å². The molecule has 1 aromatic rings. The second-order valence-corrected chi connectivity index (χ2v) is 6.86. The second kappa shape index (κ2) is 7.20. The van der Waals surface area contributed by atoms with E-state index in [0.717, 1.165) is 38.1 Å². The Hall–Kier alpha value is -0.770. The van der Waals surface area contributed by atoms with Crippen molar-refractivity contribution in [2.24, 2.45) is 11.8 Å². The molecule has 1 N–H and O–H groups in total. The highest BCUT2D eigenvalue weighted by Crippen LogP contribution is 2.33. The lowest BCUT2D eigenvalue weighted by Gasteiger charge is -2.27. The number of hydrogen-bond donors (Lipinski definition) is 1. The van der Waals surface area contributed by atoms with Crippen molar-refractivity contribution in [3.8, 4) is 0 Å². The highest BCUT2D eigenvalue weighted by atomic mass is 35.5. The number of nitrogens with one attached hydrogen (secondary N) is 1. The van der Waals surface area contributed by atoms with Gasteiger partial charge in [0.15, 0.2) is 0 Å². The van der Waals surface area contributed by atoms with Crippen LogP contribution in [0.25, 0.3) is 0 Å². The molecule has 0 radical (unpaired) electrons. The molecule has 122 valence electrons. The predicted octanol–water partition coefficient (Wildman–Crippen LogP) is 3.32. The van der Waals surface area contributed by atoms with Gasteiger partial charge in [0.1, 0.15) is 0 Å². The molecule has 4 heteroatoms. The summed E-state index contributed by atoms with van der Waals surface area (Å²) in [7, 11) is 0. The van der Waals surface area contributed by atoms with E-state index in [-0.39, 0.29) is 12.4 Å². The number of hydrogen-bond acceptors (Lipinski definition) is 3. The number of anilines is 1. The molecule has 0 saturated carbocycles. The number of fused-ring (bicyclic) bond motifs is 1. The van der Waals surface area contributed by atoms with Crippen LogP contribution < -0.4 is 5.32 Å². The van der Waals surface area contributed by atoms with E-state index in [9.17, 15) is 0 Å². The molecular formula is C18H27ClN2O. The maximum Gasteiger partial charge on any atom is 0.0468 e. The van der Waals surface area contributed by atoms with Crippen LogP contribution in [0.3, 0.4) is 0 Å². The van der Waals surface area contributed by atoms with Crippen molar-refractivity contribution in [3.63, 3.8) is 0 Å². The topological polar surface area (TPSA) is 24.5 Å². The van der Waals surface area contributed by atoms with Gasteiger partial charge in [0.05, 0.1) is 0 Å². The van der Waals surface area contributed by atoms with Crippen LogP contribution in [0.15, 0.2) is 18.2 Å². The first-order valence-corrected chi connectivity index (χ1v) is 8.55. The van der Waals surface area contributed by atoms with Crippen LogP contribution >= 0.6 is 12.4 Å². The van der Waals surface area contributed by atoms with E-state index in [1.807, 2.05) is 0 Å². The third-order valence-electron chi connectivity index (χ3n) is 5.57. The third-order valence-corrected chi connectivity index (χ3v) is 5.57. The zero-order valence-electron chi connectivity index (χ0n) is 13.2. The van der Waals surface area contributed by atoms with Gasteiger partial charge in [-0.05, 0) is 55.2 Å². The molecule has 3 heterocycles. The Bertz CT molecular complexity index is 502.